The number of carbonyl (C=O) groups excluding carboxylic acids is 2. The van der Waals surface area contributed by atoms with E-state index in [0.29, 0.717) is 24.6 Å². The molecule has 246 valence electrons. The van der Waals surface area contributed by atoms with Crippen molar-refractivity contribution in [2.45, 2.75) is 96.9 Å². The SMILES string of the molecule is CC(C)(C)OC(=O)N1CCC[C@H]1c1nc(-c2ccc(-c3ccc4nc([C@@H]5CCCN5C(=O)OC(C)(C)C)[nH]c4c3)cc2)c(CC#N)[nH]1. The molecule has 2 atom stereocenters. The van der Waals surface area contributed by atoms with Gasteiger partial charge in [0.2, 0.25) is 0 Å². The van der Waals surface area contributed by atoms with Gasteiger partial charge in [-0.05, 0) is 90.5 Å². The molecule has 11 heteroatoms. The first-order valence-electron chi connectivity index (χ1n) is 16.3. The van der Waals surface area contributed by atoms with Gasteiger partial charge in [-0.2, -0.15) is 5.26 Å². The largest absolute Gasteiger partial charge is 0.444 e. The Hall–Kier alpha value is -4.85. The predicted molar refractivity (Wildman–Crippen MR) is 178 cm³/mol. The summed E-state index contributed by atoms with van der Waals surface area (Å²) in [5, 5.41) is 9.55. The first-order chi connectivity index (χ1) is 22.3. The van der Waals surface area contributed by atoms with E-state index in [0.717, 1.165) is 64.9 Å². The molecule has 2 aliphatic rings. The van der Waals surface area contributed by atoms with Crippen LogP contribution in [-0.2, 0) is 15.9 Å². The van der Waals surface area contributed by atoms with Crippen LogP contribution in [0.4, 0.5) is 9.59 Å². The van der Waals surface area contributed by atoms with Gasteiger partial charge in [0, 0.05) is 18.7 Å². The van der Waals surface area contributed by atoms with Crippen molar-refractivity contribution in [1.82, 2.24) is 29.7 Å². The number of imidazole rings is 2. The third-order valence-electron chi connectivity index (χ3n) is 8.44. The van der Waals surface area contributed by atoms with E-state index >= 15 is 0 Å². The molecule has 0 aliphatic carbocycles. The van der Waals surface area contributed by atoms with E-state index in [1.807, 2.05) is 77.9 Å². The Morgan fingerprint density at radius 3 is 1.89 bits per heavy atom. The van der Waals surface area contributed by atoms with Crippen LogP contribution in [0.25, 0.3) is 33.4 Å². The predicted octanol–water partition coefficient (Wildman–Crippen LogP) is 7.83. The van der Waals surface area contributed by atoms with Crippen LogP contribution in [0.3, 0.4) is 0 Å². The molecule has 0 spiro atoms. The first-order valence-corrected chi connectivity index (χ1v) is 16.3. The summed E-state index contributed by atoms with van der Waals surface area (Å²) in [5.74, 6) is 1.44. The second-order valence-electron chi connectivity index (χ2n) is 14.4. The molecule has 2 aromatic carbocycles. The van der Waals surface area contributed by atoms with Crippen molar-refractivity contribution in [3.8, 4) is 28.5 Å². The van der Waals surface area contributed by atoms with Crippen molar-refractivity contribution >= 4 is 23.2 Å². The zero-order chi connectivity index (χ0) is 33.5. The quantitative estimate of drug-likeness (QED) is 0.227. The van der Waals surface area contributed by atoms with Gasteiger partial charge in [-0.1, -0.05) is 30.3 Å². The maximum Gasteiger partial charge on any atom is 0.410 e. The summed E-state index contributed by atoms with van der Waals surface area (Å²) in [7, 11) is 0. The lowest BCUT2D eigenvalue weighted by Gasteiger charge is -2.27. The Bertz CT molecular complexity index is 1820. The summed E-state index contributed by atoms with van der Waals surface area (Å²) in [6.07, 6.45) is 2.86. The van der Waals surface area contributed by atoms with Gasteiger partial charge in [0.15, 0.2) is 0 Å². The summed E-state index contributed by atoms with van der Waals surface area (Å²) < 4.78 is 11.3. The second kappa shape index (κ2) is 12.4. The Morgan fingerprint density at radius 2 is 1.34 bits per heavy atom. The molecule has 4 heterocycles. The van der Waals surface area contributed by atoms with Gasteiger partial charge in [-0.15, -0.1) is 0 Å². The van der Waals surface area contributed by atoms with Gasteiger partial charge in [0.25, 0.3) is 0 Å². The maximum absolute atomic E-state index is 12.9. The number of benzene rings is 2. The average Bonchev–Trinajstić information content (AvgIpc) is 3.80. The number of hydrogen-bond donors (Lipinski definition) is 2. The molecule has 0 bridgehead atoms. The molecule has 2 saturated heterocycles. The van der Waals surface area contributed by atoms with Crippen molar-refractivity contribution in [2.75, 3.05) is 13.1 Å². The van der Waals surface area contributed by atoms with Gasteiger partial charge < -0.3 is 19.4 Å². The topological polar surface area (TPSA) is 140 Å². The van der Waals surface area contributed by atoms with Crippen molar-refractivity contribution in [3.63, 3.8) is 0 Å². The fourth-order valence-electron chi connectivity index (χ4n) is 6.40. The number of amides is 2. The van der Waals surface area contributed by atoms with Crippen molar-refractivity contribution in [2.24, 2.45) is 0 Å². The zero-order valence-corrected chi connectivity index (χ0v) is 28.0. The molecule has 4 aromatic rings. The molecule has 2 aromatic heterocycles. The van der Waals surface area contributed by atoms with Gasteiger partial charge in [0.1, 0.15) is 22.9 Å². The van der Waals surface area contributed by atoms with Crippen LogP contribution in [0.2, 0.25) is 0 Å². The van der Waals surface area contributed by atoms with Crippen LogP contribution in [0, 0.1) is 11.3 Å². The summed E-state index contributed by atoms with van der Waals surface area (Å²) >= 11 is 0. The van der Waals surface area contributed by atoms with Gasteiger partial charge >= 0.3 is 12.2 Å². The zero-order valence-electron chi connectivity index (χ0n) is 28.0. The number of rotatable bonds is 5. The molecular formula is C36H43N7O4. The minimum atomic E-state index is -0.588. The van der Waals surface area contributed by atoms with E-state index in [4.69, 9.17) is 19.4 Å². The van der Waals surface area contributed by atoms with Crippen LogP contribution in [0.15, 0.2) is 42.5 Å². The van der Waals surface area contributed by atoms with Crippen LogP contribution in [-0.4, -0.2) is 66.2 Å². The number of likely N-dealkylation sites (tertiary alicyclic amines) is 2. The fourth-order valence-corrected chi connectivity index (χ4v) is 6.40. The molecular weight excluding hydrogens is 594 g/mol. The monoisotopic (exact) mass is 637 g/mol. The number of nitriles is 1. The molecule has 2 fully saturated rings. The standard InChI is InChI=1S/C36H43N7O4/c1-35(2,3)46-33(44)42-19-7-9-28(42)31-38-25-16-15-24(21-27(25)40-31)22-11-13-23(14-12-22)30-26(17-18-37)39-32(41-30)29-10-8-20-43(29)34(45)47-36(4,5)6/h11-16,21,28-29H,7-10,17,19-20H2,1-6H3,(H,38,40)(H,39,41)/t28-,29-/m0/s1. The molecule has 0 saturated carbocycles. The van der Waals surface area contributed by atoms with Gasteiger partial charge in [-0.25, -0.2) is 19.6 Å². The minimum Gasteiger partial charge on any atom is -0.444 e. The Kier molecular flexibility index (Phi) is 8.47. The summed E-state index contributed by atoms with van der Waals surface area (Å²) in [6.45, 7) is 12.4. The van der Waals surface area contributed by atoms with E-state index < -0.39 is 11.2 Å². The lowest BCUT2D eigenvalue weighted by molar-refractivity contribution is 0.0208. The molecule has 2 amide bonds. The van der Waals surface area contributed by atoms with Gasteiger partial charge in [0.05, 0.1) is 47.0 Å². The van der Waals surface area contributed by atoms with Crippen molar-refractivity contribution < 1.29 is 19.1 Å². The lowest BCUT2D eigenvalue weighted by Crippen LogP contribution is -2.36. The number of nitrogens with zero attached hydrogens (tertiary/aromatic N) is 5. The molecule has 2 N–H and O–H groups in total. The average molecular weight is 638 g/mol. The molecule has 6 rings (SSSR count). The molecule has 0 unspecified atom stereocenters. The van der Waals surface area contributed by atoms with Crippen molar-refractivity contribution in [3.05, 3.63) is 59.8 Å². The van der Waals surface area contributed by atoms with Crippen molar-refractivity contribution in [1.29, 1.82) is 5.26 Å². The Labute approximate surface area is 275 Å². The summed E-state index contributed by atoms with van der Waals surface area (Å²) in [5.41, 5.74) is 4.96. The molecule has 47 heavy (non-hydrogen) atoms. The Balaban J connectivity index is 1.22. The molecule has 2 aliphatic heterocycles. The van der Waals surface area contributed by atoms with Crippen LogP contribution < -0.4 is 0 Å². The fraction of sp³-hybridized carbons (Fsp3) is 0.472. The summed E-state index contributed by atoms with van der Waals surface area (Å²) in [4.78, 5) is 45.9. The number of fused-ring (bicyclic) bond motifs is 1. The van der Waals surface area contributed by atoms with E-state index in [1.54, 1.807) is 9.80 Å². The highest BCUT2D eigenvalue weighted by Gasteiger charge is 2.36. The summed E-state index contributed by atoms with van der Waals surface area (Å²) in [6, 6.07) is 16.1. The highest BCUT2D eigenvalue weighted by molar-refractivity contribution is 5.83. The van der Waals surface area contributed by atoms with Gasteiger partial charge in [-0.3, -0.25) is 9.80 Å². The van der Waals surface area contributed by atoms with Crippen LogP contribution in [0.5, 0.6) is 0 Å². The lowest BCUT2D eigenvalue weighted by atomic mass is 10.0. The molecule has 11 nitrogen and oxygen atoms in total. The number of carbonyl (C=O) groups is 2. The smallest absolute Gasteiger partial charge is 0.410 e. The third kappa shape index (κ3) is 6.97. The third-order valence-corrected chi connectivity index (χ3v) is 8.44. The number of aromatic nitrogens is 4. The highest BCUT2D eigenvalue weighted by Crippen LogP contribution is 2.36. The normalized spacial score (nSPS) is 18.5. The number of H-pyrrole nitrogens is 2. The number of nitrogens with one attached hydrogen (secondary N) is 2. The minimum absolute atomic E-state index is 0.151. The van der Waals surface area contributed by atoms with E-state index in [9.17, 15) is 14.9 Å². The number of ether oxygens (including phenoxy) is 2. The van der Waals surface area contributed by atoms with E-state index in [2.05, 4.69) is 22.1 Å². The van der Waals surface area contributed by atoms with E-state index in [-0.39, 0.29) is 30.7 Å². The highest BCUT2D eigenvalue weighted by atomic mass is 16.6. The molecule has 0 radical (unpaired) electrons. The van der Waals surface area contributed by atoms with Crippen LogP contribution in [0.1, 0.15) is 96.7 Å². The maximum atomic E-state index is 12.9. The number of hydrogen-bond acceptors (Lipinski definition) is 7. The second-order valence-corrected chi connectivity index (χ2v) is 14.4. The Morgan fingerprint density at radius 1 is 0.809 bits per heavy atom. The first kappa shape index (κ1) is 32.1. The van der Waals surface area contributed by atoms with Crippen LogP contribution >= 0.6 is 0 Å². The van der Waals surface area contributed by atoms with E-state index in [1.165, 1.54) is 0 Å². The number of aromatic amines is 2.